The first-order chi connectivity index (χ1) is 9.66. The van der Waals surface area contributed by atoms with Crippen LogP contribution in [-0.2, 0) is 4.79 Å². The van der Waals surface area contributed by atoms with Crippen molar-refractivity contribution < 1.29 is 4.79 Å². The maximum atomic E-state index is 12.1. The molecule has 0 spiro atoms. The molecule has 3 heteroatoms. The zero-order chi connectivity index (χ0) is 14.4. The number of hydrogen-bond donors (Lipinski definition) is 1. The van der Waals surface area contributed by atoms with E-state index in [4.69, 9.17) is 5.73 Å². The molecule has 110 valence electrons. The molecular formula is C17H26N2O. The lowest BCUT2D eigenvalue weighted by Crippen LogP contribution is -2.31. The molecule has 1 aliphatic rings. The molecule has 0 aliphatic heterocycles. The molecule has 2 N–H and O–H groups in total. The van der Waals surface area contributed by atoms with Gasteiger partial charge in [-0.1, -0.05) is 43.2 Å². The quantitative estimate of drug-likeness (QED) is 0.866. The summed E-state index contributed by atoms with van der Waals surface area (Å²) in [7, 11) is 1.93. The van der Waals surface area contributed by atoms with Crippen LogP contribution in [0.2, 0.25) is 0 Å². The predicted octanol–water partition coefficient (Wildman–Crippen LogP) is 3.12. The van der Waals surface area contributed by atoms with Crippen molar-refractivity contribution >= 4 is 5.91 Å². The van der Waals surface area contributed by atoms with Crippen molar-refractivity contribution in [1.82, 2.24) is 4.90 Å². The number of rotatable bonds is 6. The largest absolute Gasteiger partial charge is 0.345 e. The van der Waals surface area contributed by atoms with Crippen molar-refractivity contribution in [1.29, 1.82) is 0 Å². The van der Waals surface area contributed by atoms with Crippen LogP contribution in [0.4, 0.5) is 0 Å². The fourth-order valence-electron chi connectivity index (χ4n) is 3.02. The number of carbonyl (C=O) groups is 1. The van der Waals surface area contributed by atoms with Crippen LogP contribution in [0, 0.1) is 5.92 Å². The third-order valence-corrected chi connectivity index (χ3v) is 4.33. The summed E-state index contributed by atoms with van der Waals surface area (Å²) >= 11 is 0. The van der Waals surface area contributed by atoms with Gasteiger partial charge in [-0.3, -0.25) is 4.79 Å². The van der Waals surface area contributed by atoms with E-state index < -0.39 is 0 Å². The standard InChI is InChI=1S/C17H26N2O/c1-19(13-14-7-5-6-8-14)17(20)12-11-16(18)15-9-3-2-4-10-15/h2-4,9-10,14,16H,5-8,11-13,18H2,1H3. The van der Waals surface area contributed by atoms with E-state index in [9.17, 15) is 4.79 Å². The molecule has 0 radical (unpaired) electrons. The molecule has 2 rings (SSSR count). The molecule has 1 unspecified atom stereocenters. The zero-order valence-corrected chi connectivity index (χ0v) is 12.4. The fourth-order valence-corrected chi connectivity index (χ4v) is 3.02. The van der Waals surface area contributed by atoms with E-state index in [1.807, 2.05) is 42.3 Å². The minimum absolute atomic E-state index is 0.0416. The van der Waals surface area contributed by atoms with Crippen molar-refractivity contribution in [3.05, 3.63) is 35.9 Å². The lowest BCUT2D eigenvalue weighted by atomic mass is 10.0. The van der Waals surface area contributed by atoms with Crippen LogP contribution in [0.25, 0.3) is 0 Å². The van der Waals surface area contributed by atoms with E-state index in [-0.39, 0.29) is 11.9 Å². The maximum Gasteiger partial charge on any atom is 0.222 e. The van der Waals surface area contributed by atoms with Gasteiger partial charge in [-0.2, -0.15) is 0 Å². The Balaban J connectivity index is 1.73. The lowest BCUT2D eigenvalue weighted by Gasteiger charge is -2.22. The molecule has 1 aliphatic carbocycles. The molecule has 1 aromatic rings. The van der Waals surface area contributed by atoms with Crippen molar-refractivity contribution in [2.24, 2.45) is 11.7 Å². The Morgan fingerprint density at radius 3 is 2.60 bits per heavy atom. The van der Waals surface area contributed by atoms with Crippen LogP contribution in [0.3, 0.4) is 0 Å². The van der Waals surface area contributed by atoms with Gasteiger partial charge in [0.1, 0.15) is 0 Å². The first kappa shape index (κ1) is 15.0. The first-order valence-corrected chi connectivity index (χ1v) is 7.71. The van der Waals surface area contributed by atoms with Gasteiger partial charge < -0.3 is 10.6 Å². The summed E-state index contributed by atoms with van der Waals surface area (Å²) in [5, 5.41) is 0. The summed E-state index contributed by atoms with van der Waals surface area (Å²) in [6.07, 6.45) is 6.47. The number of benzene rings is 1. The van der Waals surface area contributed by atoms with Gasteiger partial charge >= 0.3 is 0 Å². The summed E-state index contributed by atoms with van der Waals surface area (Å²) in [4.78, 5) is 14.0. The van der Waals surface area contributed by atoms with E-state index in [1.54, 1.807) is 0 Å². The van der Waals surface area contributed by atoms with Gasteiger partial charge in [0.15, 0.2) is 0 Å². The highest BCUT2D eigenvalue weighted by molar-refractivity contribution is 5.75. The molecule has 20 heavy (non-hydrogen) atoms. The molecular weight excluding hydrogens is 248 g/mol. The highest BCUT2D eigenvalue weighted by atomic mass is 16.2. The fraction of sp³-hybridized carbons (Fsp3) is 0.588. The van der Waals surface area contributed by atoms with Gasteiger partial charge in [0.2, 0.25) is 5.91 Å². The van der Waals surface area contributed by atoms with E-state index in [0.717, 1.165) is 18.5 Å². The summed E-state index contributed by atoms with van der Waals surface area (Å²) in [5.41, 5.74) is 7.25. The Labute approximate surface area is 122 Å². The molecule has 1 atom stereocenters. The van der Waals surface area contributed by atoms with E-state index in [1.165, 1.54) is 25.7 Å². The van der Waals surface area contributed by atoms with Gasteiger partial charge in [-0.15, -0.1) is 0 Å². The molecule has 1 saturated carbocycles. The number of nitrogens with two attached hydrogens (primary N) is 1. The molecule has 0 saturated heterocycles. The van der Waals surface area contributed by atoms with Gasteiger partial charge in [-0.05, 0) is 30.7 Å². The van der Waals surface area contributed by atoms with Gasteiger partial charge in [0.25, 0.3) is 0 Å². The van der Waals surface area contributed by atoms with Crippen LogP contribution in [0.15, 0.2) is 30.3 Å². The second kappa shape index (κ2) is 7.44. The van der Waals surface area contributed by atoms with Crippen LogP contribution in [0.5, 0.6) is 0 Å². The van der Waals surface area contributed by atoms with Crippen molar-refractivity contribution in [3.8, 4) is 0 Å². The highest BCUT2D eigenvalue weighted by Gasteiger charge is 2.19. The Hall–Kier alpha value is -1.35. The smallest absolute Gasteiger partial charge is 0.222 e. The molecule has 0 bridgehead atoms. The monoisotopic (exact) mass is 274 g/mol. The third kappa shape index (κ3) is 4.34. The normalized spacial score (nSPS) is 17.1. The molecule has 3 nitrogen and oxygen atoms in total. The van der Waals surface area contributed by atoms with Gasteiger partial charge in [0, 0.05) is 26.1 Å². The van der Waals surface area contributed by atoms with Crippen molar-refractivity contribution in [2.45, 2.75) is 44.6 Å². The number of hydrogen-bond acceptors (Lipinski definition) is 2. The molecule has 1 aromatic carbocycles. The highest BCUT2D eigenvalue weighted by Crippen LogP contribution is 2.25. The molecule has 0 heterocycles. The Bertz CT molecular complexity index is 412. The number of nitrogens with zero attached hydrogens (tertiary/aromatic N) is 1. The molecule has 0 aromatic heterocycles. The topological polar surface area (TPSA) is 46.3 Å². The summed E-state index contributed by atoms with van der Waals surface area (Å²) < 4.78 is 0. The van der Waals surface area contributed by atoms with Crippen LogP contribution in [0.1, 0.15) is 50.1 Å². The zero-order valence-electron chi connectivity index (χ0n) is 12.4. The first-order valence-electron chi connectivity index (χ1n) is 7.71. The molecule has 1 amide bonds. The van der Waals surface area contributed by atoms with Crippen molar-refractivity contribution in [3.63, 3.8) is 0 Å². The number of amides is 1. The van der Waals surface area contributed by atoms with Crippen molar-refractivity contribution in [2.75, 3.05) is 13.6 Å². The van der Waals surface area contributed by atoms with Gasteiger partial charge in [-0.25, -0.2) is 0 Å². The third-order valence-electron chi connectivity index (χ3n) is 4.33. The summed E-state index contributed by atoms with van der Waals surface area (Å²) in [6, 6.07) is 9.97. The summed E-state index contributed by atoms with van der Waals surface area (Å²) in [6.45, 7) is 0.916. The minimum Gasteiger partial charge on any atom is -0.345 e. The maximum absolute atomic E-state index is 12.1. The Morgan fingerprint density at radius 2 is 1.95 bits per heavy atom. The average molecular weight is 274 g/mol. The van der Waals surface area contributed by atoms with Gasteiger partial charge in [0.05, 0.1) is 0 Å². The summed E-state index contributed by atoms with van der Waals surface area (Å²) in [5.74, 6) is 0.940. The Kier molecular flexibility index (Phi) is 5.60. The Morgan fingerprint density at radius 1 is 1.30 bits per heavy atom. The second-order valence-corrected chi connectivity index (χ2v) is 5.98. The van der Waals surface area contributed by atoms with E-state index in [0.29, 0.717) is 12.3 Å². The predicted molar refractivity (Wildman–Crippen MR) is 82.2 cm³/mol. The second-order valence-electron chi connectivity index (χ2n) is 5.98. The average Bonchev–Trinajstić information content (AvgIpc) is 2.98. The van der Waals surface area contributed by atoms with Crippen LogP contribution < -0.4 is 5.73 Å². The lowest BCUT2D eigenvalue weighted by molar-refractivity contribution is -0.130. The van der Waals surface area contributed by atoms with Crippen LogP contribution >= 0.6 is 0 Å². The molecule has 1 fully saturated rings. The SMILES string of the molecule is CN(CC1CCCC1)C(=O)CCC(N)c1ccccc1. The van der Waals surface area contributed by atoms with Crippen LogP contribution in [-0.4, -0.2) is 24.4 Å². The van der Waals surface area contributed by atoms with E-state index in [2.05, 4.69) is 0 Å². The van der Waals surface area contributed by atoms with E-state index >= 15 is 0 Å². The minimum atomic E-state index is -0.0416. The number of carbonyl (C=O) groups excluding carboxylic acids is 1.